The number of rotatable bonds is 0. The molecule has 0 unspecified atom stereocenters. The van der Waals surface area contributed by atoms with Gasteiger partial charge in [-0.15, -0.1) is 0 Å². The zero-order chi connectivity index (χ0) is 11.1. The highest BCUT2D eigenvalue weighted by molar-refractivity contribution is 5.90. The van der Waals surface area contributed by atoms with E-state index < -0.39 is 0 Å². The van der Waals surface area contributed by atoms with Gasteiger partial charge in [0.05, 0.1) is 0 Å². The van der Waals surface area contributed by atoms with Gasteiger partial charge >= 0.3 is 0 Å². The van der Waals surface area contributed by atoms with Gasteiger partial charge in [-0.2, -0.15) is 0 Å². The van der Waals surface area contributed by atoms with E-state index in [4.69, 9.17) is 0 Å². The van der Waals surface area contributed by atoms with Crippen molar-refractivity contribution < 1.29 is 0 Å². The van der Waals surface area contributed by atoms with Crippen LogP contribution in [0.15, 0.2) is 12.1 Å². The van der Waals surface area contributed by atoms with Crippen LogP contribution in [0.5, 0.6) is 0 Å². The summed E-state index contributed by atoms with van der Waals surface area (Å²) in [7, 11) is 0. The first-order valence-electron chi connectivity index (χ1n) is 6.07. The Morgan fingerprint density at radius 1 is 1.12 bits per heavy atom. The van der Waals surface area contributed by atoms with Crippen molar-refractivity contribution in [2.45, 2.75) is 33.2 Å². The van der Waals surface area contributed by atoms with Gasteiger partial charge in [-0.3, -0.25) is 0 Å². The molecule has 2 heteroatoms. The van der Waals surface area contributed by atoms with Gasteiger partial charge in [0.15, 0.2) is 0 Å². The van der Waals surface area contributed by atoms with E-state index in [2.05, 4.69) is 36.3 Å². The molecule has 84 valence electrons. The third-order valence-corrected chi connectivity index (χ3v) is 3.65. The van der Waals surface area contributed by atoms with Crippen LogP contribution in [0.1, 0.15) is 28.8 Å². The Morgan fingerprint density at radius 2 is 1.94 bits per heavy atom. The normalized spacial score (nSPS) is 16.1. The number of H-pyrrole nitrogens is 1. The number of aromatic amines is 1. The second-order valence-electron chi connectivity index (χ2n) is 4.81. The minimum Gasteiger partial charge on any atom is -0.358 e. The van der Waals surface area contributed by atoms with Crippen molar-refractivity contribution in [2.75, 3.05) is 6.54 Å². The van der Waals surface area contributed by atoms with Crippen molar-refractivity contribution in [1.82, 2.24) is 10.3 Å². The van der Waals surface area contributed by atoms with Crippen LogP contribution in [0.3, 0.4) is 0 Å². The zero-order valence-electron chi connectivity index (χ0n) is 9.98. The highest BCUT2D eigenvalue weighted by Gasteiger charge is 2.16. The van der Waals surface area contributed by atoms with Crippen LogP contribution < -0.4 is 5.32 Å². The minimum absolute atomic E-state index is 1.01. The highest BCUT2D eigenvalue weighted by Crippen LogP contribution is 2.29. The smallest absolute Gasteiger partial charge is 0.0491 e. The molecule has 0 spiro atoms. The molecule has 2 heterocycles. The van der Waals surface area contributed by atoms with E-state index in [0.717, 1.165) is 13.1 Å². The van der Waals surface area contributed by atoms with E-state index in [1.54, 1.807) is 0 Å². The number of aryl methyl sites for hydroxylation is 3. The largest absolute Gasteiger partial charge is 0.358 e. The number of hydrogen-bond acceptors (Lipinski definition) is 1. The van der Waals surface area contributed by atoms with Crippen LogP contribution in [-0.4, -0.2) is 11.5 Å². The molecule has 2 aromatic rings. The van der Waals surface area contributed by atoms with Gasteiger partial charge in [0.25, 0.3) is 0 Å². The molecule has 1 aliphatic heterocycles. The van der Waals surface area contributed by atoms with E-state index in [0.29, 0.717) is 0 Å². The fourth-order valence-corrected chi connectivity index (χ4v) is 2.75. The van der Waals surface area contributed by atoms with Crippen LogP contribution in [0.25, 0.3) is 10.9 Å². The Morgan fingerprint density at radius 3 is 2.81 bits per heavy atom. The zero-order valence-corrected chi connectivity index (χ0v) is 9.98. The highest BCUT2D eigenvalue weighted by atomic mass is 14.9. The first-order valence-corrected chi connectivity index (χ1v) is 6.07. The Labute approximate surface area is 96.1 Å². The minimum atomic E-state index is 1.01. The van der Waals surface area contributed by atoms with Crippen molar-refractivity contribution in [3.8, 4) is 0 Å². The predicted octanol–water partition coefficient (Wildman–Crippen LogP) is 2.82. The van der Waals surface area contributed by atoms with E-state index in [1.165, 1.54) is 46.1 Å². The summed E-state index contributed by atoms with van der Waals surface area (Å²) >= 11 is 0. The van der Waals surface area contributed by atoms with E-state index in [1.807, 2.05) is 0 Å². The van der Waals surface area contributed by atoms with Crippen molar-refractivity contribution in [3.05, 3.63) is 34.5 Å². The van der Waals surface area contributed by atoms with E-state index in [9.17, 15) is 0 Å². The first kappa shape index (κ1) is 9.91. The van der Waals surface area contributed by atoms with Gasteiger partial charge in [-0.25, -0.2) is 0 Å². The molecule has 2 N–H and O–H groups in total. The van der Waals surface area contributed by atoms with Crippen LogP contribution in [0.2, 0.25) is 0 Å². The third-order valence-electron chi connectivity index (χ3n) is 3.65. The SMILES string of the molecule is Cc1ccc(C)c2c3c([nH]c12)CCCNC3. The summed E-state index contributed by atoms with van der Waals surface area (Å²) in [4.78, 5) is 3.63. The van der Waals surface area contributed by atoms with Crippen LogP contribution in [-0.2, 0) is 13.0 Å². The lowest BCUT2D eigenvalue weighted by Gasteiger charge is -2.04. The van der Waals surface area contributed by atoms with Crippen LogP contribution >= 0.6 is 0 Å². The number of aromatic nitrogens is 1. The van der Waals surface area contributed by atoms with Crippen molar-refractivity contribution >= 4 is 10.9 Å². The Kier molecular flexibility index (Phi) is 2.25. The number of nitrogens with one attached hydrogen (secondary N) is 2. The van der Waals surface area contributed by atoms with Gasteiger partial charge in [0.2, 0.25) is 0 Å². The van der Waals surface area contributed by atoms with E-state index in [-0.39, 0.29) is 0 Å². The summed E-state index contributed by atoms with van der Waals surface area (Å²) < 4.78 is 0. The summed E-state index contributed by atoms with van der Waals surface area (Å²) in [6, 6.07) is 4.44. The Balaban J connectivity index is 2.33. The molecule has 0 amide bonds. The van der Waals surface area contributed by atoms with Crippen molar-refractivity contribution in [1.29, 1.82) is 0 Å². The fraction of sp³-hybridized carbons (Fsp3) is 0.429. The maximum Gasteiger partial charge on any atom is 0.0491 e. The second kappa shape index (κ2) is 3.63. The van der Waals surface area contributed by atoms with Crippen LogP contribution in [0, 0.1) is 13.8 Å². The lowest BCUT2D eigenvalue weighted by Crippen LogP contribution is -2.12. The summed E-state index contributed by atoms with van der Waals surface area (Å²) in [6.45, 7) is 6.54. The van der Waals surface area contributed by atoms with Gasteiger partial charge < -0.3 is 10.3 Å². The average Bonchev–Trinajstić information content (AvgIpc) is 2.49. The molecule has 1 aliphatic rings. The number of hydrogen-bond donors (Lipinski definition) is 2. The lowest BCUT2D eigenvalue weighted by molar-refractivity contribution is 0.680. The summed E-state index contributed by atoms with van der Waals surface area (Å²) in [5, 5.41) is 4.96. The van der Waals surface area contributed by atoms with E-state index >= 15 is 0 Å². The molecular weight excluding hydrogens is 196 g/mol. The summed E-state index contributed by atoms with van der Waals surface area (Å²) in [6.07, 6.45) is 2.41. The maximum absolute atomic E-state index is 3.63. The van der Waals surface area contributed by atoms with Crippen molar-refractivity contribution in [2.24, 2.45) is 0 Å². The molecule has 1 aromatic heterocycles. The Hall–Kier alpha value is -1.28. The second-order valence-corrected chi connectivity index (χ2v) is 4.81. The maximum atomic E-state index is 3.63. The van der Waals surface area contributed by atoms with Gasteiger partial charge in [0, 0.05) is 23.1 Å². The lowest BCUT2D eigenvalue weighted by atomic mass is 10.0. The molecule has 0 saturated heterocycles. The van der Waals surface area contributed by atoms with Crippen molar-refractivity contribution in [3.63, 3.8) is 0 Å². The number of benzene rings is 1. The molecule has 0 atom stereocenters. The summed E-state index contributed by atoms with van der Waals surface area (Å²) in [5.41, 5.74) is 7.02. The topological polar surface area (TPSA) is 27.8 Å². The van der Waals surface area contributed by atoms with Gasteiger partial charge in [-0.05, 0) is 49.9 Å². The molecule has 1 aromatic carbocycles. The van der Waals surface area contributed by atoms with Gasteiger partial charge in [0.1, 0.15) is 0 Å². The molecule has 2 nitrogen and oxygen atoms in total. The average molecular weight is 214 g/mol. The number of fused-ring (bicyclic) bond motifs is 3. The third kappa shape index (κ3) is 1.37. The Bertz CT molecular complexity index is 537. The van der Waals surface area contributed by atoms with Gasteiger partial charge in [-0.1, -0.05) is 12.1 Å². The molecule has 0 fully saturated rings. The molecular formula is C14H18N2. The molecule has 0 radical (unpaired) electrons. The quantitative estimate of drug-likeness (QED) is 0.693. The summed E-state index contributed by atoms with van der Waals surface area (Å²) in [5.74, 6) is 0. The predicted molar refractivity (Wildman–Crippen MR) is 67.8 cm³/mol. The molecule has 0 aliphatic carbocycles. The first-order chi connectivity index (χ1) is 7.77. The molecule has 0 saturated carbocycles. The molecule has 0 bridgehead atoms. The fourth-order valence-electron chi connectivity index (χ4n) is 2.75. The monoisotopic (exact) mass is 214 g/mol. The molecule has 3 rings (SSSR count). The van der Waals surface area contributed by atoms with Crippen LogP contribution in [0.4, 0.5) is 0 Å². The molecule has 16 heavy (non-hydrogen) atoms. The standard InChI is InChI=1S/C14H18N2/c1-9-5-6-10(2)14-13(9)11-8-15-7-3-4-12(11)16-14/h5-6,15-16H,3-4,7-8H2,1-2H3.